The summed E-state index contributed by atoms with van der Waals surface area (Å²) in [4.78, 5) is 23.5. The standard InChI is InChI=1S/C20H26N4O2/c1-21-20-18(22-8-9-23-20)12-16-6-4-10-24(14-16)19(25)13-15-5-3-7-17(11-15)26-2/h3,5,7-9,11,16H,4,6,10,12-14H2,1-2H3,(H,21,23)/t16-/m0/s1. The van der Waals surface area contributed by atoms with Crippen LogP contribution in [-0.2, 0) is 17.6 Å². The number of nitrogens with zero attached hydrogens (tertiary/aromatic N) is 3. The lowest BCUT2D eigenvalue weighted by Gasteiger charge is -2.33. The summed E-state index contributed by atoms with van der Waals surface area (Å²) in [6.45, 7) is 1.61. The highest BCUT2D eigenvalue weighted by Crippen LogP contribution is 2.23. The minimum atomic E-state index is 0.177. The molecule has 0 unspecified atom stereocenters. The first-order valence-electron chi connectivity index (χ1n) is 9.08. The van der Waals surface area contributed by atoms with Crippen molar-refractivity contribution < 1.29 is 9.53 Å². The highest BCUT2D eigenvalue weighted by molar-refractivity contribution is 5.79. The molecule has 1 aliphatic heterocycles. The number of methoxy groups -OCH3 is 1. The molecule has 1 N–H and O–H groups in total. The van der Waals surface area contributed by atoms with Gasteiger partial charge in [0.05, 0.1) is 19.2 Å². The lowest BCUT2D eigenvalue weighted by Crippen LogP contribution is -2.41. The molecule has 1 atom stereocenters. The highest BCUT2D eigenvalue weighted by Gasteiger charge is 2.25. The van der Waals surface area contributed by atoms with Crippen LogP contribution in [0.2, 0.25) is 0 Å². The Hall–Kier alpha value is -2.63. The van der Waals surface area contributed by atoms with Crippen molar-refractivity contribution in [3.63, 3.8) is 0 Å². The first-order chi connectivity index (χ1) is 12.7. The van der Waals surface area contributed by atoms with Gasteiger partial charge in [0.25, 0.3) is 0 Å². The second kappa shape index (κ2) is 8.65. The van der Waals surface area contributed by atoms with E-state index in [1.807, 2.05) is 36.2 Å². The molecule has 3 rings (SSSR count). The lowest BCUT2D eigenvalue weighted by molar-refractivity contribution is -0.132. The van der Waals surface area contributed by atoms with Gasteiger partial charge in [-0.25, -0.2) is 4.98 Å². The van der Waals surface area contributed by atoms with Crippen LogP contribution < -0.4 is 10.1 Å². The molecule has 26 heavy (non-hydrogen) atoms. The fraction of sp³-hybridized carbons (Fsp3) is 0.450. The smallest absolute Gasteiger partial charge is 0.227 e. The molecular weight excluding hydrogens is 328 g/mol. The zero-order valence-corrected chi connectivity index (χ0v) is 15.4. The van der Waals surface area contributed by atoms with Crippen LogP contribution in [0.4, 0.5) is 5.82 Å². The van der Waals surface area contributed by atoms with Crippen molar-refractivity contribution >= 4 is 11.7 Å². The quantitative estimate of drug-likeness (QED) is 0.863. The minimum Gasteiger partial charge on any atom is -0.497 e. The number of rotatable bonds is 6. The largest absolute Gasteiger partial charge is 0.497 e. The van der Waals surface area contributed by atoms with E-state index >= 15 is 0 Å². The second-order valence-corrected chi connectivity index (χ2v) is 6.68. The maximum absolute atomic E-state index is 12.7. The van der Waals surface area contributed by atoms with Crippen molar-refractivity contribution in [1.82, 2.24) is 14.9 Å². The van der Waals surface area contributed by atoms with Crippen LogP contribution in [0.5, 0.6) is 5.75 Å². The summed E-state index contributed by atoms with van der Waals surface area (Å²) in [6.07, 6.45) is 6.82. The Morgan fingerprint density at radius 1 is 1.35 bits per heavy atom. The van der Waals surface area contributed by atoms with Gasteiger partial charge in [-0.05, 0) is 42.9 Å². The third-order valence-corrected chi connectivity index (χ3v) is 4.85. The number of nitrogens with one attached hydrogen (secondary N) is 1. The van der Waals surface area contributed by atoms with Crippen LogP contribution in [0, 0.1) is 5.92 Å². The van der Waals surface area contributed by atoms with Crippen molar-refractivity contribution in [2.45, 2.75) is 25.7 Å². The monoisotopic (exact) mass is 354 g/mol. The van der Waals surface area contributed by atoms with E-state index in [0.717, 1.165) is 55.2 Å². The number of aromatic nitrogens is 2. The Labute approximate surface area is 154 Å². The van der Waals surface area contributed by atoms with E-state index in [2.05, 4.69) is 15.3 Å². The number of likely N-dealkylation sites (tertiary alicyclic amines) is 1. The minimum absolute atomic E-state index is 0.177. The van der Waals surface area contributed by atoms with Crippen molar-refractivity contribution in [2.24, 2.45) is 5.92 Å². The molecule has 2 aromatic rings. The van der Waals surface area contributed by atoms with Gasteiger partial charge in [0.2, 0.25) is 5.91 Å². The number of hydrogen-bond donors (Lipinski definition) is 1. The molecule has 1 aliphatic rings. The van der Waals surface area contributed by atoms with Gasteiger partial charge in [0.15, 0.2) is 0 Å². The van der Waals surface area contributed by atoms with E-state index in [1.165, 1.54) is 0 Å². The molecule has 0 saturated carbocycles. The number of ether oxygens (including phenoxy) is 1. The van der Waals surface area contributed by atoms with Crippen LogP contribution in [-0.4, -0.2) is 48.0 Å². The zero-order chi connectivity index (χ0) is 18.4. The molecule has 138 valence electrons. The molecule has 0 aliphatic carbocycles. The summed E-state index contributed by atoms with van der Waals surface area (Å²) >= 11 is 0. The fourth-order valence-electron chi connectivity index (χ4n) is 3.53. The predicted molar refractivity (Wildman–Crippen MR) is 101 cm³/mol. The third kappa shape index (κ3) is 4.50. The van der Waals surface area contributed by atoms with E-state index in [0.29, 0.717) is 12.3 Å². The van der Waals surface area contributed by atoms with Crippen molar-refractivity contribution in [3.8, 4) is 5.75 Å². The number of benzene rings is 1. The molecule has 1 aromatic carbocycles. The van der Waals surface area contributed by atoms with E-state index in [9.17, 15) is 4.79 Å². The van der Waals surface area contributed by atoms with Crippen LogP contribution in [0.3, 0.4) is 0 Å². The van der Waals surface area contributed by atoms with Gasteiger partial charge in [0.1, 0.15) is 11.6 Å². The Kier molecular flexibility index (Phi) is 6.04. The molecule has 1 saturated heterocycles. The van der Waals surface area contributed by atoms with Gasteiger partial charge in [-0.3, -0.25) is 9.78 Å². The number of hydrogen-bond acceptors (Lipinski definition) is 5. The van der Waals surface area contributed by atoms with Gasteiger partial charge >= 0.3 is 0 Å². The number of amides is 1. The normalized spacial score (nSPS) is 17.0. The van der Waals surface area contributed by atoms with E-state index in [1.54, 1.807) is 19.5 Å². The number of carbonyl (C=O) groups is 1. The van der Waals surface area contributed by atoms with E-state index in [-0.39, 0.29) is 5.91 Å². The first-order valence-corrected chi connectivity index (χ1v) is 9.08. The van der Waals surface area contributed by atoms with Gasteiger partial charge < -0.3 is 15.0 Å². The number of piperidine rings is 1. The van der Waals surface area contributed by atoms with Crippen molar-refractivity contribution in [2.75, 3.05) is 32.6 Å². The van der Waals surface area contributed by atoms with Crippen molar-refractivity contribution in [1.29, 1.82) is 0 Å². The molecule has 0 spiro atoms. The van der Waals surface area contributed by atoms with Gasteiger partial charge in [-0.15, -0.1) is 0 Å². The average Bonchev–Trinajstić information content (AvgIpc) is 2.69. The zero-order valence-electron chi connectivity index (χ0n) is 15.4. The van der Waals surface area contributed by atoms with Crippen LogP contribution in [0.25, 0.3) is 0 Å². The lowest BCUT2D eigenvalue weighted by atomic mass is 9.92. The molecule has 1 fully saturated rings. The second-order valence-electron chi connectivity index (χ2n) is 6.68. The van der Waals surface area contributed by atoms with E-state index < -0.39 is 0 Å². The van der Waals surface area contributed by atoms with Crippen LogP contribution in [0.1, 0.15) is 24.1 Å². The molecule has 1 amide bonds. The summed E-state index contributed by atoms with van der Waals surface area (Å²) in [6, 6.07) is 7.72. The van der Waals surface area contributed by atoms with Crippen molar-refractivity contribution in [3.05, 3.63) is 47.9 Å². The van der Waals surface area contributed by atoms with Crippen LogP contribution in [0.15, 0.2) is 36.7 Å². The fourth-order valence-corrected chi connectivity index (χ4v) is 3.53. The topological polar surface area (TPSA) is 67.4 Å². The van der Waals surface area contributed by atoms with Gasteiger partial charge in [-0.1, -0.05) is 12.1 Å². The molecule has 6 nitrogen and oxygen atoms in total. The maximum atomic E-state index is 12.7. The summed E-state index contributed by atoms with van der Waals surface area (Å²) in [5.41, 5.74) is 1.96. The van der Waals surface area contributed by atoms with Gasteiger partial charge in [0, 0.05) is 32.5 Å². The van der Waals surface area contributed by atoms with E-state index in [4.69, 9.17) is 4.74 Å². The Bertz CT molecular complexity index is 750. The SMILES string of the molecule is CNc1nccnc1C[C@@H]1CCCN(C(=O)Cc2cccc(OC)c2)C1. The Balaban J connectivity index is 1.61. The number of anilines is 1. The first kappa shape index (κ1) is 18.2. The molecular formula is C20H26N4O2. The number of carbonyl (C=O) groups excluding carboxylic acids is 1. The average molecular weight is 354 g/mol. The van der Waals surface area contributed by atoms with Crippen LogP contribution >= 0.6 is 0 Å². The molecule has 0 bridgehead atoms. The summed E-state index contributed by atoms with van der Waals surface area (Å²) in [7, 11) is 3.50. The predicted octanol–water partition coefficient (Wildman–Crippen LogP) is 2.55. The summed E-state index contributed by atoms with van der Waals surface area (Å²) in [5.74, 6) is 2.21. The Morgan fingerprint density at radius 2 is 2.19 bits per heavy atom. The molecule has 6 heteroatoms. The molecule has 2 heterocycles. The molecule has 1 aromatic heterocycles. The molecule has 0 radical (unpaired) electrons. The maximum Gasteiger partial charge on any atom is 0.227 e. The third-order valence-electron chi connectivity index (χ3n) is 4.85. The Morgan fingerprint density at radius 3 is 3.00 bits per heavy atom. The highest BCUT2D eigenvalue weighted by atomic mass is 16.5. The summed E-state index contributed by atoms with van der Waals surface area (Å²) in [5, 5.41) is 3.10. The van der Waals surface area contributed by atoms with Gasteiger partial charge in [-0.2, -0.15) is 0 Å². The summed E-state index contributed by atoms with van der Waals surface area (Å²) < 4.78 is 5.24.